The number of methoxy groups -OCH3 is 2. The first-order valence-corrected chi connectivity index (χ1v) is 12.9. The molecule has 0 aliphatic heterocycles. The van der Waals surface area contributed by atoms with Crippen molar-refractivity contribution in [3.8, 4) is 0 Å². The highest BCUT2D eigenvalue weighted by Gasteiger charge is 2.38. The van der Waals surface area contributed by atoms with E-state index in [4.69, 9.17) is 15.0 Å². The summed E-state index contributed by atoms with van der Waals surface area (Å²) >= 11 is 3.97. The molecule has 0 radical (unpaired) electrons. The molecule has 0 aromatic heterocycles. The molecule has 0 saturated carbocycles. The number of esters is 3. The molecule has 3 amide bonds. The highest BCUT2D eigenvalue weighted by Crippen LogP contribution is 2.10. The molecule has 0 fully saturated rings. The number of azide groups is 1. The van der Waals surface area contributed by atoms with E-state index in [9.17, 15) is 38.7 Å². The molecule has 0 aliphatic carbocycles. The number of amides is 3. The summed E-state index contributed by atoms with van der Waals surface area (Å²) in [6.07, 6.45) is -3.81. The smallest absolute Gasteiger partial charge is 0.408 e. The molecule has 18 nitrogen and oxygen atoms in total. The van der Waals surface area contributed by atoms with Gasteiger partial charge in [0.05, 0.1) is 14.2 Å². The zero-order valence-corrected chi connectivity index (χ0v) is 23.9. The summed E-state index contributed by atoms with van der Waals surface area (Å²) in [5.74, 6) is -7.05. The van der Waals surface area contributed by atoms with Crippen molar-refractivity contribution in [3.63, 3.8) is 0 Å². The third-order valence-electron chi connectivity index (χ3n) is 5.30. The van der Waals surface area contributed by atoms with Crippen molar-refractivity contribution < 1.29 is 57.6 Å². The Hall–Kier alpha value is -5.03. The van der Waals surface area contributed by atoms with E-state index in [2.05, 4.69) is 48.1 Å². The van der Waals surface area contributed by atoms with E-state index in [1.54, 1.807) is 30.3 Å². The average molecular weight is 627 g/mol. The third-order valence-corrected chi connectivity index (χ3v) is 5.67. The predicted molar refractivity (Wildman–Crippen MR) is 146 cm³/mol. The van der Waals surface area contributed by atoms with Gasteiger partial charge in [-0.2, -0.15) is 12.6 Å². The number of carboxylic acids is 1. The van der Waals surface area contributed by atoms with Gasteiger partial charge < -0.3 is 40.0 Å². The van der Waals surface area contributed by atoms with Crippen molar-refractivity contribution in [1.29, 1.82) is 0 Å². The molecule has 0 heterocycles. The van der Waals surface area contributed by atoms with Crippen LogP contribution in [0.4, 0.5) is 4.79 Å². The number of ether oxygens (including phenoxy) is 4. The standard InChI is InChI=1S/C24H30N6O12S/c1-39-22(36)18(29-30-25)19(23(37)40-2)42-17(32)10-26-20(33)15(12-43)27-16(31)9-8-14(21(34)35)28-24(38)41-11-13-6-4-3-5-7-13/h3-7,14-15,18-19,43H,8-12H2,1-2H3,(H,26,33)(H,27,31)(H,28,38)(H,34,35)/t14?,15?,18?,19-/m1/s1. The van der Waals surface area contributed by atoms with Crippen LogP contribution in [0.5, 0.6) is 0 Å². The quantitative estimate of drug-likeness (QED) is 0.0370. The highest BCUT2D eigenvalue weighted by molar-refractivity contribution is 7.80. The Kier molecular flexibility index (Phi) is 16.0. The number of nitrogens with zero attached hydrogens (tertiary/aromatic N) is 3. The number of carbonyl (C=O) groups excluding carboxylic acids is 6. The molecule has 0 bridgehead atoms. The van der Waals surface area contributed by atoms with Crippen LogP contribution >= 0.6 is 12.6 Å². The number of hydrogen-bond acceptors (Lipinski definition) is 13. The zero-order valence-electron chi connectivity index (χ0n) is 23.0. The number of rotatable bonds is 17. The molecule has 0 saturated heterocycles. The van der Waals surface area contributed by atoms with Gasteiger partial charge in [0.15, 0.2) is 6.04 Å². The summed E-state index contributed by atoms with van der Waals surface area (Å²) in [7, 11) is 1.85. The van der Waals surface area contributed by atoms with Crippen LogP contribution in [0.15, 0.2) is 35.4 Å². The van der Waals surface area contributed by atoms with Crippen molar-refractivity contribution in [2.24, 2.45) is 5.11 Å². The van der Waals surface area contributed by atoms with Crippen molar-refractivity contribution >= 4 is 54.4 Å². The fourth-order valence-corrected chi connectivity index (χ4v) is 3.39. The maximum atomic E-state index is 12.5. The fraction of sp³-hybridized carbons (Fsp3) is 0.458. The number of carboxylic acid groups (broad SMARTS) is 1. The van der Waals surface area contributed by atoms with Crippen molar-refractivity contribution in [1.82, 2.24) is 16.0 Å². The number of nitrogens with one attached hydrogen (secondary N) is 3. The van der Waals surface area contributed by atoms with E-state index < -0.39 is 79.0 Å². The van der Waals surface area contributed by atoms with Gasteiger partial charge in [-0.15, -0.1) is 0 Å². The minimum absolute atomic E-state index is 0.102. The van der Waals surface area contributed by atoms with Gasteiger partial charge in [-0.25, -0.2) is 14.4 Å². The van der Waals surface area contributed by atoms with E-state index in [0.717, 1.165) is 14.2 Å². The van der Waals surface area contributed by atoms with Crippen LogP contribution in [0.3, 0.4) is 0 Å². The molecular formula is C24H30N6O12S. The van der Waals surface area contributed by atoms with E-state index in [0.29, 0.717) is 5.56 Å². The normalized spacial score (nSPS) is 12.9. The predicted octanol–water partition coefficient (Wildman–Crippen LogP) is -0.386. The number of thiol groups is 1. The van der Waals surface area contributed by atoms with Crippen LogP contribution in [-0.2, 0) is 54.3 Å². The van der Waals surface area contributed by atoms with Gasteiger partial charge >= 0.3 is 30.0 Å². The van der Waals surface area contributed by atoms with Gasteiger partial charge in [0.2, 0.25) is 17.9 Å². The maximum absolute atomic E-state index is 12.5. The molecule has 0 spiro atoms. The molecule has 43 heavy (non-hydrogen) atoms. The summed E-state index contributed by atoms with van der Waals surface area (Å²) in [5, 5.41) is 19.0. The molecule has 234 valence electrons. The summed E-state index contributed by atoms with van der Waals surface area (Å²) < 4.78 is 18.7. The van der Waals surface area contributed by atoms with E-state index in [-0.39, 0.29) is 18.8 Å². The monoisotopic (exact) mass is 626 g/mol. The largest absolute Gasteiger partial charge is 0.480 e. The minimum atomic E-state index is -2.02. The molecule has 1 aromatic rings. The van der Waals surface area contributed by atoms with E-state index in [1.807, 2.05) is 0 Å². The van der Waals surface area contributed by atoms with Crippen LogP contribution in [0.25, 0.3) is 10.4 Å². The van der Waals surface area contributed by atoms with Crippen LogP contribution in [-0.4, -0.2) is 97.6 Å². The topological polar surface area (TPSA) is 261 Å². The first-order valence-electron chi connectivity index (χ1n) is 12.2. The Labute approximate surface area is 249 Å². The lowest BCUT2D eigenvalue weighted by atomic mass is 10.1. The second-order valence-electron chi connectivity index (χ2n) is 8.26. The molecule has 3 unspecified atom stereocenters. The van der Waals surface area contributed by atoms with Crippen LogP contribution in [0, 0.1) is 0 Å². The Morgan fingerprint density at radius 3 is 2.21 bits per heavy atom. The second kappa shape index (κ2) is 19.2. The van der Waals surface area contributed by atoms with Crippen LogP contribution in [0.1, 0.15) is 18.4 Å². The molecular weight excluding hydrogens is 596 g/mol. The molecule has 0 aliphatic rings. The highest BCUT2D eigenvalue weighted by atomic mass is 32.1. The van der Waals surface area contributed by atoms with Gasteiger partial charge in [-0.05, 0) is 17.5 Å². The summed E-state index contributed by atoms with van der Waals surface area (Å²) in [5.41, 5.74) is 9.33. The molecule has 19 heteroatoms. The summed E-state index contributed by atoms with van der Waals surface area (Å²) in [6, 6.07) is 3.95. The first kappa shape index (κ1) is 36.0. The van der Waals surface area contributed by atoms with E-state index >= 15 is 0 Å². The maximum Gasteiger partial charge on any atom is 0.408 e. The Bertz CT molecular complexity index is 1210. The van der Waals surface area contributed by atoms with Crippen molar-refractivity contribution in [3.05, 3.63) is 46.3 Å². The van der Waals surface area contributed by atoms with Crippen molar-refractivity contribution in [2.75, 3.05) is 26.5 Å². The Morgan fingerprint density at radius 1 is 1.00 bits per heavy atom. The van der Waals surface area contributed by atoms with Crippen LogP contribution < -0.4 is 16.0 Å². The zero-order chi connectivity index (χ0) is 32.4. The minimum Gasteiger partial charge on any atom is -0.480 e. The molecule has 4 atom stereocenters. The lowest BCUT2D eigenvalue weighted by molar-refractivity contribution is -0.171. The van der Waals surface area contributed by atoms with Gasteiger partial charge in [-0.3, -0.25) is 19.2 Å². The van der Waals surface area contributed by atoms with Gasteiger partial charge in [0.25, 0.3) is 0 Å². The second-order valence-corrected chi connectivity index (χ2v) is 8.63. The third kappa shape index (κ3) is 13.0. The number of aliphatic carboxylic acids is 1. The SMILES string of the molecule is COC(=O)C(N=[N+]=[N-])[C@@H](OC(=O)CNC(=O)C(CS)NC(=O)CCC(NC(=O)OCc1ccccc1)C(=O)O)C(=O)OC. The van der Waals surface area contributed by atoms with Gasteiger partial charge in [0.1, 0.15) is 25.2 Å². The first-order chi connectivity index (χ1) is 20.5. The molecule has 4 N–H and O–H groups in total. The van der Waals surface area contributed by atoms with Crippen molar-refractivity contribution in [2.45, 2.75) is 43.7 Å². The van der Waals surface area contributed by atoms with Gasteiger partial charge in [0, 0.05) is 17.1 Å². The Balaban J connectivity index is 2.64. The summed E-state index contributed by atoms with van der Waals surface area (Å²) in [6.45, 7) is -0.957. The Morgan fingerprint density at radius 2 is 1.65 bits per heavy atom. The van der Waals surface area contributed by atoms with E-state index in [1.165, 1.54) is 0 Å². The molecule has 1 aromatic carbocycles. The number of alkyl carbamates (subject to hydrolysis) is 1. The fourth-order valence-electron chi connectivity index (χ4n) is 3.13. The number of hydrogen-bond donors (Lipinski definition) is 5. The van der Waals surface area contributed by atoms with Crippen LogP contribution in [0.2, 0.25) is 0 Å². The summed E-state index contributed by atoms with van der Waals surface area (Å²) in [4.78, 5) is 86.9. The lowest BCUT2D eigenvalue weighted by Crippen LogP contribution is -2.50. The average Bonchev–Trinajstić information content (AvgIpc) is 3.00. The lowest BCUT2D eigenvalue weighted by Gasteiger charge is -2.20. The number of carbonyl (C=O) groups is 7. The number of benzene rings is 1. The molecule has 1 rings (SSSR count). The van der Waals surface area contributed by atoms with Gasteiger partial charge in [-0.1, -0.05) is 35.4 Å².